The molecule has 2 fully saturated rings. The summed E-state index contributed by atoms with van der Waals surface area (Å²) in [5.41, 5.74) is 5.40. The number of nitrogens with one attached hydrogen (secondary N) is 2. The van der Waals surface area contributed by atoms with Crippen LogP contribution in [0.15, 0.2) is 4.99 Å². The highest BCUT2D eigenvalue weighted by Crippen LogP contribution is 2.19. The van der Waals surface area contributed by atoms with Gasteiger partial charge in [-0.1, -0.05) is 25.7 Å². The Morgan fingerprint density at radius 3 is 2.40 bits per heavy atom. The van der Waals surface area contributed by atoms with Crippen molar-refractivity contribution in [3.05, 3.63) is 0 Å². The maximum absolute atomic E-state index is 11.2. The third kappa shape index (κ3) is 11.7. The van der Waals surface area contributed by atoms with E-state index in [1.54, 1.807) is 0 Å². The Hall–Kier alpha value is -0.610. The molecule has 1 heterocycles. The summed E-state index contributed by atoms with van der Waals surface area (Å²) in [5.74, 6) is 0.831. The van der Waals surface area contributed by atoms with E-state index in [0.29, 0.717) is 6.10 Å². The molecule has 0 bridgehead atoms. The van der Waals surface area contributed by atoms with Gasteiger partial charge in [0, 0.05) is 25.6 Å². The fourth-order valence-electron chi connectivity index (χ4n) is 4.22. The summed E-state index contributed by atoms with van der Waals surface area (Å²) in [5, 5.41) is 6.71. The molecule has 0 aromatic carbocycles. The molecule has 1 saturated heterocycles. The molecule has 2 rings (SSSR count). The maximum atomic E-state index is 11.2. The standard InChI is InChI=1S/C22H43N5O2.HI/c1-2-24-22(26-14-18-29-20-9-5-3-4-6-10-20)25-13-7-8-15-27-16-11-19(12-17-27)21(23)28;/h19-20H,2-18H2,1H3,(H2,23,28)(H2,24,25,26);1H. The zero-order valence-electron chi connectivity index (χ0n) is 18.9. The third-order valence-corrected chi connectivity index (χ3v) is 6.04. The maximum Gasteiger partial charge on any atom is 0.220 e. The van der Waals surface area contributed by atoms with Crippen LogP contribution in [0, 0.1) is 5.92 Å². The number of hydrogen-bond acceptors (Lipinski definition) is 4. The second-order valence-corrected chi connectivity index (χ2v) is 8.40. The number of likely N-dealkylation sites (tertiary alicyclic amines) is 1. The molecule has 4 N–H and O–H groups in total. The first kappa shape index (κ1) is 27.4. The van der Waals surface area contributed by atoms with Crippen molar-refractivity contribution >= 4 is 35.8 Å². The first-order chi connectivity index (χ1) is 14.2. The molecule has 2 aliphatic rings. The van der Waals surface area contributed by atoms with E-state index in [4.69, 9.17) is 10.5 Å². The number of amides is 1. The second-order valence-electron chi connectivity index (χ2n) is 8.40. The Morgan fingerprint density at radius 1 is 1.07 bits per heavy atom. The molecule has 0 aromatic heterocycles. The van der Waals surface area contributed by atoms with Crippen LogP contribution in [-0.2, 0) is 9.53 Å². The van der Waals surface area contributed by atoms with E-state index in [1.807, 2.05) is 0 Å². The molecular formula is C22H44IN5O2. The van der Waals surface area contributed by atoms with Crippen molar-refractivity contribution in [2.24, 2.45) is 16.6 Å². The van der Waals surface area contributed by atoms with Gasteiger partial charge in [-0.25, -0.2) is 0 Å². The number of piperidine rings is 1. The molecule has 0 radical (unpaired) electrons. The fourth-order valence-corrected chi connectivity index (χ4v) is 4.22. The van der Waals surface area contributed by atoms with Gasteiger partial charge in [0.1, 0.15) is 0 Å². The first-order valence-electron chi connectivity index (χ1n) is 11.8. The van der Waals surface area contributed by atoms with Gasteiger partial charge in [-0.15, -0.1) is 24.0 Å². The van der Waals surface area contributed by atoms with Crippen LogP contribution in [0.3, 0.4) is 0 Å². The molecule has 1 aliphatic heterocycles. The Labute approximate surface area is 200 Å². The molecule has 7 nitrogen and oxygen atoms in total. The van der Waals surface area contributed by atoms with E-state index in [-0.39, 0.29) is 35.8 Å². The summed E-state index contributed by atoms with van der Waals surface area (Å²) in [6.07, 6.45) is 12.3. The van der Waals surface area contributed by atoms with Gasteiger partial charge in [-0.3, -0.25) is 9.79 Å². The zero-order chi connectivity index (χ0) is 20.7. The number of carbonyl (C=O) groups is 1. The SMILES string of the molecule is CCNC(=NCCCCN1CCC(C(N)=O)CC1)NCCOC1CCCCCC1.I. The molecule has 8 heteroatoms. The van der Waals surface area contributed by atoms with Crippen LogP contribution >= 0.6 is 24.0 Å². The average Bonchev–Trinajstić information content (AvgIpc) is 3.00. The number of hydrogen-bond donors (Lipinski definition) is 3. The Morgan fingerprint density at radius 2 is 1.77 bits per heavy atom. The van der Waals surface area contributed by atoms with Gasteiger partial charge in [-0.05, 0) is 65.1 Å². The van der Waals surface area contributed by atoms with Crippen LogP contribution in [0.5, 0.6) is 0 Å². The van der Waals surface area contributed by atoms with Crippen molar-refractivity contribution in [3.8, 4) is 0 Å². The fraction of sp³-hybridized carbons (Fsp3) is 0.909. The molecule has 1 amide bonds. The Bertz CT molecular complexity index is 476. The number of ether oxygens (including phenoxy) is 1. The number of aliphatic imine (C=N–C) groups is 1. The van der Waals surface area contributed by atoms with Crippen molar-refractivity contribution in [3.63, 3.8) is 0 Å². The van der Waals surface area contributed by atoms with Gasteiger partial charge in [-0.2, -0.15) is 0 Å². The quantitative estimate of drug-likeness (QED) is 0.124. The minimum Gasteiger partial charge on any atom is -0.376 e. The lowest BCUT2D eigenvalue weighted by Crippen LogP contribution is -2.39. The van der Waals surface area contributed by atoms with Crippen LogP contribution in [0.1, 0.15) is 71.1 Å². The summed E-state index contributed by atoms with van der Waals surface area (Å²) in [6, 6.07) is 0. The summed E-state index contributed by atoms with van der Waals surface area (Å²) in [7, 11) is 0. The van der Waals surface area contributed by atoms with Crippen molar-refractivity contribution in [1.29, 1.82) is 0 Å². The summed E-state index contributed by atoms with van der Waals surface area (Å²) in [6.45, 7) is 8.40. The van der Waals surface area contributed by atoms with Gasteiger partial charge in [0.05, 0.1) is 12.7 Å². The number of guanidine groups is 1. The van der Waals surface area contributed by atoms with Crippen LogP contribution in [0.2, 0.25) is 0 Å². The topological polar surface area (TPSA) is 92.0 Å². The van der Waals surface area contributed by atoms with E-state index in [1.165, 1.54) is 38.5 Å². The molecule has 30 heavy (non-hydrogen) atoms. The van der Waals surface area contributed by atoms with Gasteiger partial charge < -0.3 is 26.0 Å². The van der Waals surface area contributed by atoms with Crippen LogP contribution < -0.4 is 16.4 Å². The molecule has 0 atom stereocenters. The largest absolute Gasteiger partial charge is 0.376 e. The lowest BCUT2D eigenvalue weighted by atomic mass is 9.96. The van der Waals surface area contributed by atoms with Crippen LogP contribution in [0.25, 0.3) is 0 Å². The van der Waals surface area contributed by atoms with Crippen molar-refractivity contribution < 1.29 is 9.53 Å². The number of nitrogens with two attached hydrogens (primary N) is 1. The molecule has 0 spiro atoms. The smallest absolute Gasteiger partial charge is 0.220 e. The molecule has 176 valence electrons. The van der Waals surface area contributed by atoms with E-state index < -0.39 is 0 Å². The van der Waals surface area contributed by atoms with Gasteiger partial charge in [0.2, 0.25) is 5.91 Å². The lowest BCUT2D eigenvalue weighted by Gasteiger charge is -2.30. The van der Waals surface area contributed by atoms with E-state index in [9.17, 15) is 4.79 Å². The lowest BCUT2D eigenvalue weighted by molar-refractivity contribution is -0.123. The van der Waals surface area contributed by atoms with Crippen molar-refractivity contribution in [1.82, 2.24) is 15.5 Å². The minimum absolute atomic E-state index is 0. The van der Waals surface area contributed by atoms with Crippen LogP contribution in [-0.4, -0.2) is 68.7 Å². The molecule has 0 unspecified atom stereocenters. The molecule has 1 saturated carbocycles. The highest BCUT2D eigenvalue weighted by Gasteiger charge is 2.22. The zero-order valence-corrected chi connectivity index (χ0v) is 21.2. The van der Waals surface area contributed by atoms with E-state index in [0.717, 1.165) is 77.5 Å². The summed E-state index contributed by atoms with van der Waals surface area (Å²) < 4.78 is 6.04. The summed E-state index contributed by atoms with van der Waals surface area (Å²) >= 11 is 0. The molecular weight excluding hydrogens is 493 g/mol. The number of halogens is 1. The van der Waals surface area contributed by atoms with E-state index in [2.05, 4.69) is 27.4 Å². The third-order valence-electron chi connectivity index (χ3n) is 6.04. The molecule has 1 aliphatic carbocycles. The Balaban J connectivity index is 0.00000450. The second kappa shape index (κ2) is 17.0. The summed E-state index contributed by atoms with van der Waals surface area (Å²) in [4.78, 5) is 18.4. The normalized spacial score (nSPS) is 19.7. The predicted molar refractivity (Wildman–Crippen MR) is 134 cm³/mol. The van der Waals surface area contributed by atoms with Crippen LogP contribution in [0.4, 0.5) is 0 Å². The van der Waals surface area contributed by atoms with Gasteiger partial charge >= 0.3 is 0 Å². The van der Waals surface area contributed by atoms with E-state index >= 15 is 0 Å². The Kier molecular flexibility index (Phi) is 15.5. The molecule has 0 aromatic rings. The number of primary amides is 1. The van der Waals surface area contributed by atoms with Crippen molar-refractivity contribution in [2.45, 2.75) is 77.2 Å². The predicted octanol–water partition coefficient (Wildman–Crippen LogP) is 2.88. The van der Waals surface area contributed by atoms with Gasteiger partial charge in [0.25, 0.3) is 0 Å². The number of unbranched alkanes of at least 4 members (excludes halogenated alkanes) is 1. The first-order valence-corrected chi connectivity index (χ1v) is 11.8. The monoisotopic (exact) mass is 537 g/mol. The van der Waals surface area contributed by atoms with Gasteiger partial charge in [0.15, 0.2) is 5.96 Å². The number of rotatable bonds is 11. The number of nitrogens with zero attached hydrogens (tertiary/aromatic N) is 2. The highest BCUT2D eigenvalue weighted by atomic mass is 127. The highest BCUT2D eigenvalue weighted by molar-refractivity contribution is 14.0. The minimum atomic E-state index is -0.137. The van der Waals surface area contributed by atoms with Crippen molar-refractivity contribution in [2.75, 3.05) is 45.9 Å². The number of carbonyl (C=O) groups excluding carboxylic acids is 1. The average molecular weight is 538 g/mol.